The first kappa shape index (κ1) is 20.9. The minimum absolute atomic E-state index is 0.181. The number of amides is 1. The highest BCUT2D eigenvalue weighted by Crippen LogP contribution is 2.29. The lowest BCUT2D eigenvalue weighted by molar-refractivity contribution is -0.137. The lowest BCUT2D eigenvalue weighted by Gasteiger charge is -2.22. The van der Waals surface area contributed by atoms with Gasteiger partial charge in [-0.2, -0.15) is 13.2 Å². The van der Waals surface area contributed by atoms with E-state index in [-0.39, 0.29) is 17.5 Å². The first-order chi connectivity index (χ1) is 14.8. The summed E-state index contributed by atoms with van der Waals surface area (Å²) < 4.78 is 57.0. The lowest BCUT2D eigenvalue weighted by Crippen LogP contribution is -2.35. The molecule has 0 radical (unpaired) electrons. The minimum atomic E-state index is -4.43. The molecule has 2 aromatic heterocycles. The van der Waals surface area contributed by atoms with Crippen LogP contribution in [0.5, 0.6) is 0 Å². The van der Waals surface area contributed by atoms with Gasteiger partial charge < -0.3 is 14.2 Å². The van der Waals surface area contributed by atoms with Gasteiger partial charge in [0.15, 0.2) is 5.76 Å². The number of furan rings is 1. The molecule has 1 aromatic carbocycles. The van der Waals surface area contributed by atoms with E-state index in [0.717, 1.165) is 12.3 Å². The maximum atomic E-state index is 13.1. The van der Waals surface area contributed by atoms with E-state index in [9.17, 15) is 22.4 Å². The summed E-state index contributed by atoms with van der Waals surface area (Å²) in [6, 6.07) is 11.4. The van der Waals surface area contributed by atoms with E-state index in [0.29, 0.717) is 49.7 Å². The third-order valence-corrected chi connectivity index (χ3v) is 5.13. The zero-order valence-corrected chi connectivity index (χ0v) is 16.4. The smallest absolute Gasteiger partial charge is 0.417 e. The number of alkyl halides is 3. The molecular weight excluding hydrogens is 414 g/mol. The largest absolute Gasteiger partial charge is 0.451 e. The van der Waals surface area contributed by atoms with Crippen LogP contribution in [0.15, 0.2) is 59.1 Å². The molecule has 0 spiro atoms. The van der Waals surface area contributed by atoms with Crippen molar-refractivity contribution in [2.45, 2.75) is 12.6 Å². The average Bonchev–Trinajstić information content (AvgIpc) is 3.11. The van der Waals surface area contributed by atoms with E-state index in [1.54, 1.807) is 29.2 Å². The van der Waals surface area contributed by atoms with Gasteiger partial charge in [-0.05, 0) is 55.0 Å². The van der Waals surface area contributed by atoms with Crippen molar-refractivity contribution in [3.63, 3.8) is 0 Å². The van der Waals surface area contributed by atoms with Crippen LogP contribution in [-0.2, 0) is 6.18 Å². The normalized spacial score (nSPS) is 15.1. The minimum Gasteiger partial charge on any atom is -0.451 e. The third kappa shape index (κ3) is 4.70. The summed E-state index contributed by atoms with van der Waals surface area (Å²) in [5, 5.41) is 0. The summed E-state index contributed by atoms with van der Waals surface area (Å²) in [6.07, 6.45) is -2.97. The number of nitrogens with zero attached hydrogens (tertiary/aromatic N) is 3. The van der Waals surface area contributed by atoms with Crippen LogP contribution in [0.3, 0.4) is 0 Å². The fourth-order valence-corrected chi connectivity index (χ4v) is 3.47. The van der Waals surface area contributed by atoms with Crippen molar-refractivity contribution >= 4 is 11.7 Å². The summed E-state index contributed by atoms with van der Waals surface area (Å²) >= 11 is 0. The van der Waals surface area contributed by atoms with Gasteiger partial charge >= 0.3 is 6.18 Å². The highest BCUT2D eigenvalue weighted by Gasteiger charge is 2.31. The summed E-state index contributed by atoms with van der Waals surface area (Å²) in [5.41, 5.74) is -0.131. The Morgan fingerprint density at radius 1 is 0.935 bits per heavy atom. The Morgan fingerprint density at radius 3 is 2.39 bits per heavy atom. The molecular formula is C22H19F4N3O2. The second kappa shape index (κ2) is 8.41. The molecule has 3 heterocycles. The van der Waals surface area contributed by atoms with Crippen LogP contribution in [0.1, 0.15) is 22.5 Å². The molecule has 0 atom stereocenters. The maximum absolute atomic E-state index is 13.1. The number of aromatic nitrogens is 1. The molecule has 0 aliphatic carbocycles. The van der Waals surface area contributed by atoms with Crippen LogP contribution in [0, 0.1) is 5.82 Å². The quantitative estimate of drug-likeness (QED) is 0.554. The van der Waals surface area contributed by atoms with Crippen molar-refractivity contribution in [2.75, 3.05) is 31.1 Å². The van der Waals surface area contributed by atoms with Gasteiger partial charge in [0, 0.05) is 37.9 Å². The second-order valence-electron chi connectivity index (χ2n) is 7.21. The predicted octanol–water partition coefficient (Wildman–Crippen LogP) is 4.85. The SMILES string of the molecule is O=C(c1ccc(-c2ccc(F)cc2)o1)N1CCCN(c2ccc(C(F)(F)F)cn2)CC1. The predicted molar refractivity (Wildman–Crippen MR) is 106 cm³/mol. The standard InChI is InChI=1S/C22H19F4N3O2/c23-17-5-2-15(3-6-17)18-7-8-19(31-18)21(30)29-11-1-10-28(12-13-29)20-9-4-16(14-27-20)22(24,25)26/h2-9,14H,1,10-13H2. The third-order valence-electron chi connectivity index (χ3n) is 5.13. The van der Waals surface area contributed by atoms with Gasteiger partial charge in [-0.15, -0.1) is 0 Å². The fraction of sp³-hybridized carbons (Fsp3) is 0.273. The number of hydrogen-bond donors (Lipinski definition) is 0. The molecule has 0 unspecified atom stereocenters. The molecule has 1 fully saturated rings. The van der Waals surface area contributed by atoms with Crippen molar-refractivity contribution in [3.05, 3.63) is 71.9 Å². The summed E-state index contributed by atoms with van der Waals surface area (Å²) in [6.45, 7) is 1.88. The number of pyridine rings is 1. The van der Waals surface area contributed by atoms with Crippen molar-refractivity contribution in [1.82, 2.24) is 9.88 Å². The van der Waals surface area contributed by atoms with Gasteiger partial charge in [-0.1, -0.05) is 0 Å². The number of halogens is 4. The van der Waals surface area contributed by atoms with E-state index in [1.165, 1.54) is 18.2 Å². The molecule has 0 saturated carbocycles. The molecule has 5 nitrogen and oxygen atoms in total. The average molecular weight is 433 g/mol. The first-order valence-electron chi connectivity index (χ1n) is 9.74. The van der Waals surface area contributed by atoms with E-state index in [2.05, 4.69) is 4.98 Å². The fourth-order valence-electron chi connectivity index (χ4n) is 3.47. The van der Waals surface area contributed by atoms with Crippen molar-refractivity contribution in [3.8, 4) is 11.3 Å². The first-order valence-corrected chi connectivity index (χ1v) is 9.74. The number of hydrogen-bond acceptors (Lipinski definition) is 4. The Bertz CT molecular complexity index is 1050. The molecule has 1 saturated heterocycles. The van der Waals surface area contributed by atoms with Crippen molar-refractivity contribution in [2.24, 2.45) is 0 Å². The Kier molecular flexibility index (Phi) is 5.67. The molecule has 0 N–H and O–H groups in total. The molecule has 4 rings (SSSR count). The molecule has 1 amide bonds. The lowest BCUT2D eigenvalue weighted by atomic mass is 10.2. The monoisotopic (exact) mass is 433 g/mol. The van der Waals surface area contributed by atoms with Gasteiger partial charge in [0.2, 0.25) is 0 Å². The molecule has 31 heavy (non-hydrogen) atoms. The summed E-state index contributed by atoms with van der Waals surface area (Å²) in [7, 11) is 0. The van der Waals surface area contributed by atoms with Crippen LogP contribution in [0.25, 0.3) is 11.3 Å². The molecule has 3 aromatic rings. The van der Waals surface area contributed by atoms with Gasteiger partial charge in [0.05, 0.1) is 5.56 Å². The van der Waals surface area contributed by atoms with Crippen LogP contribution < -0.4 is 4.90 Å². The maximum Gasteiger partial charge on any atom is 0.417 e. The highest BCUT2D eigenvalue weighted by atomic mass is 19.4. The van der Waals surface area contributed by atoms with Gasteiger partial charge in [-0.3, -0.25) is 4.79 Å². The Balaban J connectivity index is 1.42. The zero-order chi connectivity index (χ0) is 22.0. The summed E-state index contributed by atoms with van der Waals surface area (Å²) in [5.74, 6) is 0.465. The summed E-state index contributed by atoms with van der Waals surface area (Å²) in [4.78, 5) is 20.3. The van der Waals surface area contributed by atoms with Crippen molar-refractivity contribution < 1.29 is 26.8 Å². The van der Waals surface area contributed by atoms with E-state index >= 15 is 0 Å². The van der Waals surface area contributed by atoms with Crippen molar-refractivity contribution in [1.29, 1.82) is 0 Å². The number of carbonyl (C=O) groups excluding carboxylic acids is 1. The molecule has 9 heteroatoms. The Labute approximate surface area is 175 Å². The topological polar surface area (TPSA) is 49.6 Å². The number of benzene rings is 1. The van der Waals surface area contributed by atoms with Crippen LogP contribution in [-0.4, -0.2) is 42.0 Å². The van der Waals surface area contributed by atoms with E-state index in [1.807, 2.05) is 4.90 Å². The van der Waals surface area contributed by atoms with E-state index in [4.69, 9.17) is 4.42 Å². The number of carbonyl (C=O) groups is 1. The highest BCUT2D eigenvalue weighted by molar-refractivity contribution is 5.92. The molecule has 162 valence electrons. The van der Waals surface area contributed by atoms with Gasteiger partial charge in [0.1, 0.15) is 17.4 Å². The number of anilines is 1. The Hall–Kier alpha value is -3.36. The van der Waals surface area contributed by atoms with E-state index < -0.39 is 11.7 Å². The van der Waals surface area contributed by atoms with Gasteiger partial charge in [0.25, 0.3) is 5.91 Å². The van der Waals surface area contributed by atoms with Crippen LogP contribution in [0.4, 0.5) is 23.4 Å². The Morgan fingerprint density at radius 2 is 1.71 bits per heavy atom. The number of rotatable bonds is 3. The van der Waals surface area contributed by atoms with Gasteiger partial charge in [-0.25, -0.2) is 9.37 Å². The molecule has 1 aliphatic rings. The van der Waals surface area contributed by atoms with Crippen LogP contribution >= 0.6 is 0 Å². The second-order valence-corrected chi connectivity index (χ2v) is 7.21. The molecule has 1 aliphatic heterocycles. The molecule has 0 bridgehead atoms. The zero-order valence-electron chi connectivity index (χ0n) is 16.4. The van der Waals surface area contributed by atoms with Crippen LogP contribution in [0.2, 0.25) is 0 Å².